The van der Waals surface area contributed by atoms with E-state index in [1.165, 1.54) is 5.56 Å². The number of carbonyl (C=O) groups is 1. The Balaban J connectivity index is 0.00000480. The summed E-state index contributed by atoms with van der Waals surface area (Å²) in [4.78, 5) is 18.7. The van der Waals surface area contributed by atoms with Gasteiger partial charge in [0.15, 0.2) is 5.96 Å². The molecule has 8 heteroatoms. The lowest BCUT2D eigenvalue weighted by atomic mass is 10.1. The number of guanidine groups is 1. The zero-order chi connectivity index (χ0) is 21.8. The van der Waals surface area contributed by atoms with Crippen molar-refractivity contribution in [3.8, 4) is 0 Å². The molecule has 1 unspecified atom stereocenters. The van der Waals surface area contributed by atoms with Crippen LogP contribution in [0.5, 0.6) is 0 Å². The summed E-state index contributed by atoms with van der Waals surface area (Å²) in [6, 6.07) is 17.9. The van der Waals surface area contributed by atoms with Gasteiger partial charge in [-0.2, -0.15) is 0 Å². The molecule has 1 atom stereocenters. The zero-order valence-corrected chi connectivity index (χ0v) is 21.5. The van der Waals surface area contributed by atoms with Crippen LogP contribution in [0.15, 0.2) is 59.6 Å². The first-order valence-electron chi connectivity index (χ1n) is 10.2. The first kappa shape index (κ1) is 27.2. The van der Waals surface area contributed by atoms with Crippen LogP contribution in [-0.2, 0) is 6.54 Å². The minimum absolute atomic E-state index is 0. The van der Waals surface area contributed by atoms with Gasteiger partial charge in [0.2, 0.25) is 0 Å². The van der Waals surface area contributed by atoms with Crippen LogP contribution in [-0.4, -0.2) is 56.5 Å². The maximum absolute atomic E-state index is 12.1. The molecular weight excluding hydrogens is 525 g/mol. The van der Waals surface area contributed by atoms with Gasteiger partial charge in [-0.15, -0.1) is 24.0 Å². The van der Waals surface area contributed by atoms with Crippen LogP contribution in [0, 0.1) is 0 Å². The molecule has 2 aromatic carbocycles. The third kappa shape index (κ3) is 9.88. The summed E-state index contributed by atoms with van der Waals surface area (Å²) >= 11 is 6.05. The highest BCUT2D eigenvalue weighted by molar-refractivity contribution is 14.0. The minimum Gasteiger partial charge on any atom is -0.356 e. The maximum atomic E-state index is 12.1. The van der Waals surface area contributed by atoms with E-state index in [-0.39, 0.29) is 29.9 Å². The molecule has 0 saturated carbocycles. The molecule has 0 radical (unpaired) electrons. The molecule has 0 aliphatic heterocycles. The minimum atomic E-state index is -0.180. The molecule has 1 amide bonds. The number of hydrogen-bond donors (Lipinski definition) is 3. The number of hydrogen-bond acceptors (Lipinski definition) is 3. The Morgan fingerprint density at radius 2 is 1.61 bits per heavy atom. The molecule has 0 aliphatic rings. The van der Waals surface area contributed by atoms with Crippen molar-refractivity contribution in [3.05, 3.63) is 70.7 Å². The Morgan fingerprint density at radius 3 is 2.29 bits per heavy atom. The monoisotopic (exact) mass is 557 g/mol. The first-order chi connectivity index (χ1) is 14.5. The number of amides is 1. The van der Waals surface area contributed by atoms with E-state index in [4.69, 9.17) is 11.6 Å². The molecule has 0 fully saturated rings. The molecule has 2 aromatic rings. The van der Waals surface area contributed by atoms with Crippen molar-refractivity contribution < 1.29 is 4.79 Å². The fourth-order valence-electron chi connectivity index (χ4n) is 2.97. The number of aliphatic imine (C=N–C) groups is 1. The van der Waals surface area contributed by atoms with E-state index in [0.29, 0.717) is 29.7 Å². The lowest BCUT2D eigenvalue weighted by molar-refractivity contribution is 0.0954. The third-order valence-electron chi connectivity index (χ3n) is 4.93. The van der Waals surface area contributed by atoms with Crippen LogP contribution in [0.3, 0.4) is 0 Å². The number of nitrogens with one attached hydrogen (secondary N) is 3. The average Bonchev–Trinajstić information content (AvgIpc) is 2.76. The van der Waals surface area contributed by atoms with Gasteiger partial charge in [-0.25, -0.2) is 0 Å². The molecule has 0 aromatic heterocycles. The highest BCUT2D eigenvalue weighted by Gasteiger charge is 2.10. The summed E-state index contributed by atoms with van der Waals surface area (Å²) in [5.41, 5.74) is 1.80. The van der Waals surface area contributed by atoms with Gasteiger partial charge in [-0.1, -0.05) is 54.1 Å². The van der Waals surface area contributed by atoms with Gasteiger partial charge in [-0.05, 0) is 38.1 Å². The number of halogens is 2. The topological polar surface area (TPSA) is 68.8 Å². The predicted molar refractivity (Wildman–Crippen MR) is 141 cm³/mol. The summed E-state index contributed by atoms with van der Waals surface area (Å²) < 4.78 is 0. The van der Waals surface area contributed by atoms with Gasteiger partial charge >= 0.3 is 0 Å². The van der Waals surface area contributed by atoms with E-state index in [9.17, 15) is 4.79 Å². The molecular formula is C23H33ClIN5O. The van der Waals surface area contributed by atoms with Gasteiger partial charge in [-0.3, -0.25) is 14.7 Å². The molecule has 0 saturated heterocycles. The Morgan fingerprint density at radius 1 is 1.00 bits per heavy atom. The van der Waals surface area contributed by atoms with Crippen molar-refractivity contribution in [1.29, 1.82) is 0 Å². The van der Waals surface area contributed by atoms with E-state index >= 15 is 0 Å². The Labute approximate surface area is 207 Å². The van der Waals surface area contributed by atoms with Gasteiger partial charge in [0, 0.05) is 39.3 Å². The maximum Gasteiger partial charge on any atom is 0.252 e. The standard InChI is InChI=1S/C23H32ClN5O.HI/c1-18(29(3)17-19-9-5-4-6-10-19)13-14-27-23(25-2)28-16-15-26-22(30)20-11-7-8-12-21(20)24;/h4-12,18H,13-17H2,1-3H3,(H,26,30)(H2,25,27,28);1H. The van der Waals surface area contributed by atoms with Crippen LogP contribution in [0.1, 0.15) is 29.3 Å². The van der Waals surface area contributed by atoms with Crippen molar-refractivity contribution >= 4 is 47.4 Å². The summed E-state index contributed by atoms with van der Waals surface area (Å²) in [5, 5.41) is 9.84. The van der Waals surface area contributed by atoms with Crippen molar-refractivity contribution in [2.24, 2.45) is 4.99 Å². The number of nitrogens with zero attached hydrogens (tertiary/aromatic N) is 2. The molecule has 0 spiro atoms. The second kappa shape index (κ2) is 15.0. The van der Waals surface area contributed by atoms with Crippen molar-refractivity contribution in [2.75, 3.05) is 33.7 Å². The Hall–Kier alpha value is -1.84. The zero-order valence-electron chi connectivity index (χ0n) is 18.4. The van der Waals surface area contributed by atoms with E-state index in [1.807, 2.05) is 6.07 Å². The lowest BCUT2D eigenvalue weighted by Crippen LogP contribution is -2.43. The van der Waals surface area contributed by atoms with Crippen molar-refractivity contribution in [2.45, 2.75) is 25.9 Å². The van der Waals surface area contributed by atoms with Crippen LogP contribution in [0.2, 0.25) is 5.02 Å². The Bertz CT molecular complexity index is 819. The fourth-order valence-corrected chi connectivity index (χ4v) is 3.19. The summed E-state index contributed by atoms with van der Waals surface area (Å²) in [5.74, 6) is 0.542. The molecule has 0 bridgehead atoms. The summed E-state index contributed by atoms with van der Waals surface area (Å²) in [7, 11) is 3.88. The van der Waals surface area contributed by atoms with Gasteiger partial charge in [0.1, 0.15) is 0 Å². The van der Waals surface area contributed by atoms with Gasteiger partial charge in [0.25, 0.3) is 5.91 Å². The SMILES string of the molecule is CN=C(NCCNC(=O)c1ccccc1Cl)NCCC(C)N(C)Cc1ccccc1.I. The second-order valence-electron chi connectivity index (χ2n) is 7.20. The van der Waals surface area contributed by atoms with Crippen molar-refractivity contribution in [1.82, 2.24) is 20.9 Å². The lowest BCUT2D eigenvalue weighted by Gasteiger charge is -2.25. The highest BCUT2D eigenvalue weighted by atomic mass is 127. The highest BCUT2D eigenvalue weighted by Crippen LogP contribution is 2.14. The van der Waals surface area contributed by atoms with E-state index in [0.717, 1.165) is 25.5 Å². The van der Waals surface area contributed by atoms with Crippen molar-refractivity contribution in [3.63, 3.8) is 0 Å². The average molecular weight is 558 g/mol. The summed E-state index contributed by atoms with van der Waals surface area (Å²) in [6.45, 7) is 5.01. The largest absolute Gasteiger partial charge is 0.356 e. The molecule has 6 nitrogen and oxygen atoms in total. The predicted octanol–water partition coefficient (Wildman–Crippen LogP) is 3.76. The number of benzene rings is 2. The van der Waals surface area contributed by atoms with Crippen LogP contribution in [0.25, 0.3) is 0 Å². The van der Waals surface area contributed by atoms with Crippen LogP contribution in [0.4, 0.5) is 0 Å². The molecule has 3 N–H and O–H groups in total. The Kier molecular flexibility index (Phi) is 13.2. The summed E-state index contributed by atoms with van der Waals surface area (Å²) in [6.07, 6.45) is 0.993. The number of rotatable bonds is 10. The molecule has 170 valence electrons. The van der Waals surface area contributed by atoms with Crippen LogP contribution >= 0.6 is 35.6 Å². The molecule has 31 heavy (non-hydrogen) atoms. The van der Waals surface area contributed by atoms with E-state index in [1.54, 1.807) is 31.3 Å². The second-order valence-corrected chi connectivity index (χ2v) is 7.61. The third-order valence-corrected chi connectivity index (χ3v) is 5.26. The van der Waals surface area contributed by atoms with Gasteiger partial charge in [0.05, 0.1) is 10.6 Å². The molecule has 2 rings (SSSR count). The normalized spacial score (nSPS) is 12.1. The first-order valence-corrected chi connectivity index (χ1v) is 10.6. The van der Waals surface area contributed by atoms with Gasteiger partial charge < -0.3 is 16.0 Å². The fraction of sp³-hybridized carbons (Fsp3) is 0.391. The molecule has 0 heterocycles. The smallest absolute Gasteiger partial charge is 0.252 e. The van der Waals surface area contributed by atoms with E-state index < -0.39 is 0 Å². The van der Waals surface area contributed by atoms with Crippen LogP contribution < -0.4 is 16.0 Å². The van der Waals surface area contributed by atoms with E-state index in [2.05, 4.69) is 64.1 Å². The number of carbonyl (C=O) groups excluding carboxylic acids is 1. The quantitative estimate of drug-likeness (QED) is 0.180. The molecule has 0 aliphatic carbocycles.